The van der Waals surface area contributed by atoms with E-state index in [9.17, 15) is 19.5 Å². The van der Waals surface area contributed by atoms with Gasteiger partial charge < -0.3 is 10.4 Å². The van der Waals surface area contributed by atoms with E-state index in [1.54, 1.807) is 48.8 Å². The number of aliphatic carboxylic acids is 1. The first kappa shape index (κ1) is 29.0. The first-order chi connectivity index (χ1) is 20.8. The average Bonchev–Trinajstić information content (AvgIpc) is 3.03. The van der Waals surface area contributed by atoms with Gasteiger partial charge in [-0.25, -0.2) is 15.6 Å². The fourth-order valence-corrected chi connectivity index (χ4v) is 4.62. The second-order valence-electron chi connectivity index (χ2n) is 9.50. The number of carbonyl (C=O) groups excluding carboxylic acids is 2. The molecule has 0 aliphatic heterocycles. The third-order valence-corrected chi connectivity index (χ3v) is 6.94. The number of fused-ring (bicyclic) bond motifs is 1. The molecular formula is C33H24ClN5O4. The van der Waals surface area contributed by atoms with Crippen LogP contribution in [0.15, 0.2) is 97.3 Å². The standard InChI is InChI=1S/C33H24ClN5O4/c34-27-17-24(31(40)38-30(33(42)43)16-21-4-2-1-3-5-21)13-12-22(27)9-6-20-7-10-23(11-8-20)29-18-25(32(41)39-35)26-19-36-15-14-28(26)37-29/h1-5,7-8,10-15,17-19,30H,16,35H2,(H,38,40)(H,39,41)(H,42,43). The summed E-state index contributed by atoms with van der Waals surface area (Å²) in [5, 5.41) is 13.0. The van der Waals surface area contributed by atoms with Crippen molar-refractivity contribution in [3.8, 4) is 23.1 Å². The quantitative estimate of drug-likeness (QED) is 0.0953. The van der Waals surface area contributed by atoms with Crippen LogP contribution in [0.3, 0.4) is 0 Å². The van der Waals surface area contributed by atoms with Crippen LogP contribution in [0.2, 0.25) is 5.02 Å². The number of benzene rings is 3. The van der Waals surface area contributed by atoms with E-state index in [1.807, 2.05) is 42.5 Å². The summed E-state index contributed by atoms with van der Waals surface area (Å²) in [5.41, 5.74) is 6.71. The van der Waals surface area contributed by atoms with E-state index >= 15 is 0 Å². The molecule has 2 amide bonds. The number of pyridine rings is 2. The van der Waals surface area contributed by atoms with Gasteiger partial charge in [-0.1, -0.05) is 65.9 Å². The maximum Gasteiger partial charge on any atom is 0.326 e. The van der Waals surface area contributed by atoms with Crippen LogP contribution in [-0.4, -0.2) is 38.9 Å². The first-order valence-corrected chi connectivity index (χ1v) is 13.5. The third kappa shape index (κ3) is 6.85. The fraction of sp³-hybridized carbons (Fsp3) is 0.0606. The van der Waals surface area contributed by atoms with Gasteiger partial charge in [-0.2, -0.15) is 0 Å². The molecular weight excluding hydrogens is 566 g/mol. The van der Waals surface area contributed by atoms with Gasteiger partial charge in [-0.05, 0) is 48.0 Å². The molecule has 9 nitrogen and oxygen atoms in total. The van der Waals surface area contributed by atoms with Crippen molar-refractivity contribution < 1.29 is 19.5 Å². The van der Waals surface area contributed by atoms with E-state index in [4.69, 9.17) is 17.4 Å². The van der Waals surface area contributed by atoms with Crippen LogP contribution in [-0.2, 0) is 11.2 Å². The summed E-state index contributed by atoms with van der Waals surface area (Å²) >= 11 is 6.42. The maximum atomic E-state index is 12.8. The van der Waals surface area contributed by atoms with Gasteiger partial charge in [0, 0.05) is 46.5 Å². The molecule has 0 aliphatic rings. The number of hydrogen-bond acceptors (Lipinski definition) is 6. The van der Waals surface area contributed by atoms with Gasteiger partial charge in [-0.3, -0.25) is 20.0 Å². The Balaban J connectivity index is 1.31. The second-order valence-corrected chi connectivity index (χ2v) is 9.90. The predicted octanol–water partition coefficient (Wildman–Crippen LogP) is 4.38. The SMILES string of the molecule is NNC(=O)c1cc(-c2ccc(C#Cc3ccc(C(=O)NC(Cc4ccccc4)C(=O)O)cc3Cl)cc2)nc2ccncc12. The Morgan fingerprint density at radius 3 is 2.40 bits per heavy atom. The van der Waals surface area contributed by atoms with E-state index < -0.39 is 23.8 Å². The zero-order valence-electron chi connectivity index (χ0n) is 22.5. The van der Waals surface area contributed by atoms with Crippen LogP contribution >= 0.6 is 11.6 Å². The number of hydrazine groups is 1. The lowest BCUT2D eigenvalue weighted by Crippen LogP contribution is -2.42. The summed E-state index contributed by atoms with van der Waals surface area (Å²) in [6.07, 6.45) is 3.32. The Bertz CT molecular complexity index is 1900. The van der Waals surface area contributed by atoms with Crippen molar-refractivity contribution in [3.63, 3.8) is 0 Å². The number of carboxylic acids is 1. The van der Waals surface area contributed by atoms with E-state index in [0.29, 0.717) is 33.3 Å². The second kappa shape index (κ2) is 13.0. The Hall–Kier alpha value is -5.56. The van der Waals surface area contributed by atoms with Gasteiger partial charge in [0.1, 0.15) is 6.04 Å². The third-order valence-electron chi connectivity index (χ3n) is 6.63. The van der Waals surface area contributed by atoms with Crippen LogP contribution in [0.1, 0.15) is 37.4 Å². The van der Waals surface area contributed by atoms with Crippen LogP contribution in [0, 0.1) is 11.8 Å². The number of hydrogen-bond donors (Lipinski definition) is 4. The molecule has 0 aliphatic carbocycles. The summed E-state index contributed by atoms with van der Waals surface area (Å²) in [6.45, 7) is 0. The molecule has 5 rings (SSSR count). The van der Waals surface area contributed by atoms with Crippen molar-refractivity contribution in [2.75, 3.05) is 0 Å². The van der Waals surface area contributed by atoms with Crippen molar-refractivity contribution in [1.29, 1.82) is 0 Å². The van der Waals surface area contributed by atoms with E-state index in [1.165, 1.54) is 6.07 Å². The molecule has 0 spiro atoms. The molecule has 1 atom stereocenters. The average molecular weight is 590 g/mol. The molecule has 0 fully saturated rings. The lowest BCUT2D eigenvalue weighted by atomic mass is 10.0. The highest BCUT2D eigenvalue weighted by molar-refractivity contribution is 6.32. The molecule has 0 bridgehead atoms. The van der Waals surface area contributed by atoms with Crippen molar-refractivity contribution >= 4 is 40.3 Å². The Morgan fingerprint density at radius 2 is 1.70 bits per heavy atom. The van der Waals surface area contributed by atoms with Crippen molar-refractivity contribution in [1.82, 2.24) is 20.7 Å². The monoisotopic (exact) mass is 589 g/mol. The largest absolute Gasteiger partial charge is 0.480 e. The summed E-state index contributed by atoms with van der Waals surface area (Å²) < 4.78 is 0. The highest BCUT2D eigenvalue weighted by atomic mass is 35.5. The van der Waals surface area contributed by atoms with Crippen LogP contribution in [0.25, 0.3) is 22.2 Å². The van der Waals surface area contributed by atoms with Crippen LogP contribution < -0.4 is 16.6 Å². The Morgan fingerprint density at radius 1 is 0.930 bits per heavy atom. The number of carboxylic acid groups (broad SMARTS) is 1. The lowest BCUT2D eigenvalue weighted by molar-refractivity contribution is -0.139. The predicted molar refractivity (Wildman–Crippen MR) is 163 cm³/mol. The molecule has 2 aromatic heterocycles. The summed E-state index contributed by atoms with van der Waals surface area (Å²) in [7, 11) is 0. The van der Waals surface area contributed by atoms with E-state index in [2.05, 4.69) is 32.6 Å². The first-order valence-electron chi connectivity index (χ1n) is 13.1. The highest BCUT2D eigenvalue weighted by Crippen LogP contribution is 2.25. The smallest absolute Gasteiger partial charge is 0.326 e. The molecule has 0 saturated heterocycles. The Labute approximate surface area is 251 Å². The number of aromatic nitrogens is 2. The summed E-state index contributed by atoms with van der Waals surface area (Å²) in [4.78, 5) is 45.6. The van der Waals surface area contributed by atoms with Crippen molar-refractivity contribution in [2.24, 2.45) is 5.84 Å². The minimum Gasteiger partial charge on any atom is -0.480 e. The van der Waals surface area contributed by atoms with Gasteiger partial charge in [0.25, 0.3) is 11.8 Å². The summed E-state index contributed by atoms with van der Waals surface area (Å²) in [5.74, 6) is 9.29. The van der Waals surface area contributed by atoms with E-state index in [0.717, 1.165) is 11.1 Å². The Kier molecular flexibility index (Phi) is 8.72. The molecule has 3 aromatic carbocycles. The zero-order chi connectivity index (χ0) is 30.3. The van der Waals surface area contributed by atoms with Gasteiger partial charge >= 0.3 is 5.97 Å². The zero-order valence-corrected chi connectivity index (χ0v) is 23.3. The number of amides is 2. The number of halogens is 1. The lowest BCUT2D eigenvalue weighted by Gasteiger charge is -2.15. The molecule has 2 heterocycles. The topological polar surface area (TPSA) is 147 Å². The minimum atomic E-state index is -1.13. The number of rotatable bonds is 7. The van der Waals surface area contributed by atoms with Crippen molar-refractivity contribution in [2.45, 2.75) is 12.5 Å². The van der Waals surface area contributed by atoms with Gasteiger partial charge in [-0.15, -0.1) is 0 Å². The molecule has 212 valence electrons. The highest BCUT2D eigenvalue weighted by Gasteiger charge is 2.21. The number of nitrogen functional groups attached to an aromatic ring is 1. The number of carbonyl (C=O) groups is 3. The van der Waals surface area contributed by atoms with Gasteiger partial charge in [0.15, 0.2) is 0 Å². The van der Waals surface area contributed by atoms with E-state index in [-0.39, 0.29) is 17.0 Å². The normalized spacial score (nSPS) is 11.2. The molecule has 5 N–H and O–H groups in total. The number of nitrogens with two attached hydrogens (primary N) is 1. The van der Waals surface area contributed by atoms with Gasteiger partial charge in [0.05, 0.1) is 21.8 Å². The van der Waals surface area contributed by atoms with Crippen molar-refractivity contribution in [3.05, 3.63) is 130 Å². The minimum absolute atomic E-state index is 0.149. The number of nitrogens with one attached hydrogen (secondary N) is 2. The molecule has 43 heavy (non-hydrogen) atoms. The fourth-order valence-electron chi connectivity index (χ4n) is 4.40. The molecule has 0 saturated carbocycles. The molecule has 0 radical (unpaired) electrons. The molecule has 10 heteroatoms. The van der Waals surface area contributed by atoms with Gasteiger partial charge in [0.2, 0.25) is 0 Å². The van der Waals surface area contributed by atoms with Crippen LogP contribution in [0.5, 0.6) is 0 Å². The van der Waals surface area contributed by atoms with Crippen LogP contribution in [0.4, 0.5) is 0 Å². The maximum absolute atomic E-state index is 12.8. The molecule has 1 unspecified atom stereocenters. The molecule has 5 aromatic rings. The number of nitrogens with zero attached hydrogens (tertiary/aromatic N) is 2. The summed E-state index contributed by atoms with van der Waals surface area (Å²) in [6, 6.07) is 23.3.